The van der Waals surface area contributed by atoms with Crippen LogP contribution in [0.3, 0.4) is 0 Å². The Morgan fingerprint density at radius 3 is 2.95 bits per heavy atom. The number of rotatable bonds is 3. The molecule has 0 bridgehead atoms. The molecule has 2 heterocycles. The zero-order chi connectivity index (χ0) is 14.1. The van der Waals surface area contributed by atoms with E-state index in [4.69, 9.17) is 5.73 Å². The van der Waals surface area contributed by atoms with Crippen LogP contribution < -0.4 is 5.73 Å². The minimum absolute atomic E-state index is 0.548. The van der Waals surface area contributed by atoms with Gasteiger partial charge in [0.2, 0.25) is 0 Å². The molecule has 3 rings (SSSR count). The molecule has 0 saturated heterocycles. The highest BCUT2D eigenvalue weighted by molar-refractivity contribution is 5.61. The lowest BCUT2D eigenvalue weighted by atomic mass is 9.93. The Bertz CT molecular complexity index is 590. The lowest BCUT2D eigenvalue weighted by Gasteiger charge is -2.23. The molecule has 106 valence electrons. The second-order valence-corrected chi connectivity index (χ2v) is 5.83. The van der Waals surface area contributed by atoms with Crippen molar-refractivity contribution in [3.05, 3.63) is 30.9 Å². The standard InChI is InChI=1S/C16H22N4/c1-3-12-4-5-14(11(12)2)20-10-18-9-15(20)13-6-7-19-16(17)8-13/h6-12,14H,3-5H2,1-2H3,(H2,17,19). The number of nitrogens with two attached hydrogens (primary N) is 1. The van der Waals surface area contributed by atoms with Crippen molar-refractivity contribution in [2.24, 2.45) is 11.8 Å². The van der Waals surface area contributed by atoms with E-state index in [9.17, 15) is 0 Å². The summed E-state index contributed by atoms with van der Waals surface area (Å²) >= 11 is 0. The Hall–Kier alpha value is -1.84. The van der Waals surface area contributed by atoms with E-state index in [1.54, 1.807) is 6.20 Å². The fourth-order valence-electron chi connectivity index (χ4n) is 3.59. The van der Waals surface area contributed by atoms with Gasteiger partial charge in [0.05, 0.1) is 18.2 Å². The molecule has 0 aromatic carbocycles. The van der Waals surface area contributed by atoms with Gasteiger partial charge in [-0.1, -0.05) is 20.3 Å². The molecule has 20 heavy (non-hydrogen) atoms. The fraction of sp³-hybridized carbons (Fsp3) is 0.500. The molecule has 4 nitrogen and oxygen atoms in total. The first-order valence-corrected chi connectivity index (χ1v) is 7.44. The van der Waals surface area contributed by atoms with Gasteiger partial charge in [0.15, 0.2) is 0 Å². The molecule has 0 aliphatic heterocycles. The Morgan fingerprint density at radius 2 is 2.25 bits per heavy atom. The number of aromatic nitrogens is 3. The summed E-state index contributed by atoms with van der Waals surface area (Å²) in [6.07, 6.45) is 9.48. The number of hydrogen-bond donors (Lipinski definition) is 1. The third kappa shape index (κ3) is 2.19. The second kappa shape index (κ2) is 5.27. The van der Waals surface area contributed by atoms with Crippen molar-refractivity contribution in [3.63, 3.8) is 0 Å². The molecule has 0 radical (unpaired) electrons. The van der Waals surface area contributed by atoms with Crippen LogP contribution in [0.2, 0.25) is 0 Å². The van der Waals surface area contributed by atoms with Crippen LogP contribution in [0, 0.1) is 11.8 Å². The lowest BCUT2D eigenvalue weighted by Crippen LogP contribution is -2.15. The van der Waals surface area contributed by atoms with E-state index in [-0.39, 0.29) is 0 Å². The number of pyridine rings is 1. The van der Waals surface area contributed by atoms with Crippen molar-refractivity contribution in [2.75, 3.05) is 5.73 Å². The highest BCUT2D eigenvalue weighted by atomic mass is 15.1. The smallest absolute Gasteiger partial charge is 0.123 e. The first-order chi connectivity index (χ1) is 9.70. The van der Waals surface area contributed by atoms with E-state index in [0.717, 1.165) is 17.2 Å². The van der Waals surface area contributed by atoms with E-state index in [0.29, 0.717) is 17.8 Å². The van der Waals surface area contributed by atoms with E-state index < -0.39 is 0 Å². The predicted molar refractivity (Wildman–Crippen MR) is 81.1 cm³/mol. The molecule has 3 atom stereocenters. The average molecular weight is 270 g/mol. The maximum atomic E-state index is 5.80. The number of imidazole rings is 1. The first kappa shape index (κ1) is 13.2. The largest absolute Gasteiger partial charge is 0.384 e. The molecule has 0 spiro atoms. The zero-order valence-electron chi connectivity index (χ0n) is 12.2. The number of hydrogen-bond acceptors (Lipinski definition) is 3. The molecule has 4 heteroatoms. The summed E-state index contributed by atoms with van der Waals surface area (Å²) < 4.78 is 2.33. The molecule has 2 aromatic rings. The van der Waals surface area contributed by atoms with E-state index in [1.165, 1.54) is 19.3 Å². The molecule has 1 aliphatic rings. The predicted octanol–water partition coefficient (Wildman–Crippen LogP) is 3.52. The Morgan fingerprint density at radius 1 is 1.40 bits per heavy atom. The first-order valence-electron chi connectivity index (χ1n) is 7.44. The van der Waals surface area contributed by atoms with E-state index >= 15 is 0 Å². The van der Waals surface area contributed by atoms with Crippen LogP contribution in [0.25, 0.3) is 11.3 Å². The maximum Gasteiger partial charge on any atom is 0.123 e. The van der Waals surface area contributed by atoms with Gasteiger partial charge >= 0.3 is 0 Å². The van der Waals surface area contributed by atoms with Crippen LogP contribution in [0.5, 0.6) is 0 Å². The van der Waals surface area contributed by atoms with Gasteiger partial charge in [-0.25, -0.2) is 9.97 Å². The minimum atomic E-state index is 0.548. The summed E-state index contributed by atoms with van der Waals surface area (Å²) in [5.74, 6) is 2.09. The second-order valence-electron chi connectivity index (χ2n) is 5.83. The number of nitrogen functional groups attached to an aromatic ring is 1. The summed E-state index contributed by atoms with van der Waals surface area (Å²) in [5.41, 5.74) is 8.04. The molecule has 1 aliphatic carbocycles. The lowest BCUT2D eigenvalue weighted by molar-refractivity contribution is 0.331. The third-order valence-corrected chi connectivity index (χ3v) is 4.81. The summed E-state index contributed by atoms with van der Waals surface area (Å²) in [5, 5.41) is 0. The van der Waals surface area contributed by atoms with Gasteiger partial charge in [-0.2, -0.15) is 0 Å². The molecule has 1 saturated carbocycles. The van der Waals surface area contributed by atoms with E-state index in [1.807, 2.05) is 24.7 Å². The van der Waals surface area contributed by atoms with Crippen molar-refractivity contribution >= 4 is 5.82 Å². The van der Waals surface area contributed by atoms with Crippen LogP contribution in [-0.4, -0.2) is 14.5 Å². The SMILES string of the molecule is CCC1CCC(n2cncc2-c2ccnc(N)c2)C1C. The Balaban J connectivity index is 1.95. The Kier molecular flexibility index (Phi) is 3.47. The zero-order valence-corrected chi connectivity index (χ0v) is 12.2. The molecule has 3 unspecified atom stereocenters. The highest BCUT2D eigenvalue weighted by Crippen LogP contribution is 2.43. The Labute approximate surface area is 120 Å². The van der Waals surface area contributed by atoms with Gasteiger partial charge in [0.25, 0.3) is 0 Å². The van der Waals surface area contributed by atoms with Crippen molar-refractivity contribution in [3.8, 4) is 11.3 Å². The molecular weight excluding hydrogens is 248 g/mol. The highest BCUT2D eigenvalue weighted by Gasteiger charge is 2.33. The van der Waals surface area contributed by atoms with Gasteiger partial charge in [0, 0.05) is 17.8 Å². The number of nitrogens with zero attached hydrogens (tertiary/aromatic N) is 3. The molecular formula is C16H22N4. The van der Waals surface area contributed by atoms with Crippen molar-refractivity contribution in [1.82, 2.24) is 14.5 Å². The average Bonchev–Trinajstić information content (AvgIpc) is 3.04. The molecule has 0 amide bonds. The quantitative estimate of drug-likeness (QED) is 0.928. The summed E-state index contributed by atoms with van der Waals surface area (Å²) in [7, 11) is 0. The van der Waals surface area contributed by atoms with Crippen LogP contribution in [-0.2, 0) is 0 Å². The van der Waals surface area contributed by atoms with Gasteiger partial charge in [-0.15, -0.1) is 0 Å². The van der Waals surface area contributed by atoms with Crippen molar-refractivity contribution in [2.45, 2.75) is 39.2 Å². The summed E-state index contributed by atoms with van der Waals surface area (Å²) in [6, 6.07) is 4.47. The summed E-state index contributed by atoms with van der Waals surface area (Å²) in [6.45, 7) is 4.67. The van der Waals surface area contributed by atoms with Gasteiger partial charge in [-0.3, -0.25) is 0 Å². The van der Waals surface area contributed by atoms with Crippen LogP contribution in [0.1, 0.15) is 39.2 Å². The van der Waals surface area contributed by atoms with Crippen molar-refractivity contribution < 1.29 is 0 Å². The minimum Gasteiger partial charge on any atom is -0.384 e. The van der Waals surface area contributed by atoms with Crippen LogP contribution in [0.4, 0.5) is 5.82 Å². The molecule has 1 fully saturated rings. The normalized spacial score (nSPS) is 26.0. The molecule has 2 N–H and O–H groups in total. The third-order valence-electron chi connectivity index (χ3n) is 4.81. The van der Waals surface area contributed by atoms with Gasteiger partial charge < -0.3 is 10.3 Å². The number of anilines is 1. The van der Waals surface area contributed by atoms with Crippen LogP contribution in [0.15, 0.2) is 30.9 Å². The van der Waals surface area contributed by atoms with Crippen molar-refractivity contribution in [1.29, 1.82) is 0 Å². The molecule has 2 aromatic heterocycles. The summed E-state index contributed by atoms with van der Waals surface area (Å²) in [4.78, 5) is 8.43. The van der Waals surface area contributed by atoms with Gasteiger partial charge in [0.1, 0.15) is 5.82 Å². The van der Waals surface area contributed by atoms with Gasteiger partial charge in [-0.05, 0) is 36.8 Å². The fourth-order valence-corrected chi connectivity index (χ4v) is 3.59. The topological polar surface area (TPSA) is 56.7 Å². The van der Waals surface area contributed by atoms with Crippen LogP contribution >= 0.6 is 0 Å². The monoisotopic (exact) mass is 270 g/mol. The maximum absolute atomic E-state index is 5.80. The van der Waals surface area contributed by atoms with E-state index in [2.05, 4.69) is 28.4 Å².